The van der Waals surface area contributed by atoms with E-state index in [4.69, 9.17) is 21.0 Å². The molecule has 5 rings (SSSR count). The highest BCUT2D eigenvalue weighted by Crippen LogP contribution is 2.39. The van der Waals surface area contributed by atoms with Crippen LogP contribution in [0.25, 0.3) is 17.4 Å². The Bertz CT molecular complexity index is 1160. The molecule has 2 fully saturated rings. The first kappa shape index (κ1) is 21.1. The molecular weight excluding hydrogens is 440 g/mol. The number of rotatable bonds is 4. The molecule has 6 heteroatoms. The zero-order valence-electron chi connectivity index (χ0n) is 17.5. The Morgan fingerprint density at radius 3 is 2.47 bits per heavy atom. The first-order valence-electron chi connectivity index (χ1n) is 10.9. The largest absolute Gasteiger partial charge is 0.457 e. The molecule has 2 aromatic carbocycles. The molecule has 2 aliphatic rings. The number of hydrogen-bond acceptors (Lipinski definition) is 4. The number of benzene rings is 2. The van der Waals surface area contributed by atoms with Crippen LogP contribution in [0.2, 0.25) is 5.02 Å². The van der Waals surface area contributed by atoms with Crippen molar-refractivity contribution in [1.29, 1.82) is 0 Å². The lowest BCUT2D eigenvalue weighted by Crippen LogP contribution is -2.40. The minimum Gasteiger partial charge on any atom is -0.457 e. The Morgan fingerprint density at radius 2 is 1.72 bits per heavy atom. The highest BCUT2D eigenvalue weighted by molar-refractivity contribution is 8.18. The lowest BCUT2D eigenvalue weighted by Gasteiger charge is -2.30. The average molecular weight is 463 g/mol. The summed E-state index contributed by atoms with van der Waals surface area (Å²) in [6.45, 7) is 0. The number of aliphatic imine (C=N–C) groups is 1. The van der Waals surface area contributed by atoms with Gasteiger partial charge in [-0.15, -0.1) is 0 Å². The standard InChI is InChI=1S/C26H23ClN2O2S/c27-19-13-11-18(12-14-19)23-16-15-22(31-23)17-24-25(30)29(21-9-5-2-6-10-21)26(32-24)28-20-7-3-1-4-8-20/h1,3-4,7-8,11-17,21H,2,5-6,9-10H2/b24-17+,28-26?. The van der Waals surface area contributed by atoms with Gasteiger partial charge in [0.25, 0.3) is 5.91 Å². The molecule has 3 aromatic rings. The number of nitrogens with zero attached hydrogens (tertiary/aromatic N) is 2. The molecule has 0 atom stereocenters. The van der Waals surface area contributed by atoms with Gasteiger partial charge in [-0.25, -0.2) is 4.99 Å². The topological polar surface area (TPSA) is 45.8 Å². The number of amidine groups is 1. The van der Waals surface area contributed by atoms with Crippen molar-refractivity contribution < 1.29 is 9.21 Å². The van der Waals surface area contributed by atoms with Gasteiger partial charge in [0.15, 0.2) is 5.17 Å². The molecule has 1 aliphatic carbocycles. The summed E-state index contributed by atoms with van der Waals surface area (Å²) in [5.41, 5.74) is 1.80. The van der Waals surface area contributed by atoms with E-state index < -0.39 is 0 Å². The van der Waals surface area contributed by atoms with Crippen LogP contribution in [0.4, 0.5) is 5.69 Å². The van der Waals surface area contributed by atoms with Gasteiger partial charge >= 0.3 is 0 Å². The van der Waals surface area contributed by atoms with Crippen molar-refractivity contribution in [2.75, 3.05) is 0 Å². The van der Waals surface area contributed by atoms with Crippen molar-refractivity contribution in [2.45, 2.75) is 38.1 Å². The monoisotopic (exact) mass is 462 g/mol. The molecule has 1 amide bonds. The second kappa shape index (κ2) is 9.39. The maximum Gasteiger partial charge on any atom is 0.267 e. The number of para-hydroxylation sites is 1. The number of amides is 1. The molecule has 1 saturated carbocycles. The fraction of sp³-hybridized carbons (Fsp3) is 0.231. The summed E-state index contributed by atoms with van der Waals surface area (Å²) in [4.78, 5) is 20.8. The predicted octanol–water partition coefficient (Wildman–Crippen LogP) is 7.54. The van der Waals surface area contributed by atoms with E-state index in [1.165, 1.54) is 18.2 Å². The SMILES string of the molecule is O=C1/C(=C\c2ccc(-c3ccc(Cl)cc3)o2)SC(=Nc2ccccc2)N1C1CCCCC1. The summed E-state index contributed by atoms with van der Waals surface area (Å²) in [5.74, 6) is 1.41. The van der Waals surface area contributed by atoms with Crippen LogP contribution < -0.4 is 0 Å². The van der Waals surface area contributed by atoms with Crippen LogP contribution in [0.5, 0.6) is 0 Å². The highest BCUT2D eigenvalue weighted by Gasteiger charge is 2.38. The molecule has 162 valence electrons. The van der Waals surface area contributed by atoms with Gasteiger partial charge in [0.1, 0.15) is 11.5 Å². The minimum atomic E-state index is 0.0148. The normalized spacial score (nSPS) is 19.9. The zero-order chi connectivity index (χ0) is 21.9. The van der Waals surface area contributed by atoms with Crippen LogP contribution in [0.1, 0.15) is 37.9 Å². The van der Waals surface area contributed by atoms with Crippen molar-refractivity contribution in [3.63, 3.8) is 0 Å². The average Bonchev–Trinajstić information content (AvgIpc) is 3.40. The van der Waals surface area contributed by atoms with Crippen LogP contribution in [0, 0.1) is 0 Å². The van der Waals surface area contributed by atoms with Crippen LogP contribution in [-0.4, -0.2) is 22.0 Å². The second-order valence-electron chi connectivity index (χ2n) is 8.02. The summed E-state index contributed by atoms with van der Waals surface area (Å²) < 4.78 is 6.01. The third kappa shape index (κ3) is 4.54. The van der Waals surface area contributed by atoms with E-state index in [1.54, 1.807) is 0 Å². The van der Waals surface area contributed by atoms with E-state index in [-0.39, 0.29) is 11.9 Å². The third-order valence-electron chi connectivity index (χ3n) is 5.79. The zero-order valence-corrected chi connectivity index (χ0v) is 19.1. The lowest BCUT2D eigenvalue weighted by atomic mass is 9.94. The Kier molecular flexibility index (Phi) is 6.19. The first-order chi connectivity index (χ1) is 15.7. The number of carbonyl (C=O) groups excluding carboxylic acids is 1. The molecule has 1 aliphatic heterocycles. The van der Waals surface area contributed by atoms with E-state index >= 15 is 0 Å². The molecule has 0 spiro atoms. The smallest absolute Gasteiger partial charge is 0.267 e. The molecule has 32 heavy (non-hydrogen) atoms. The number of hydrogen-bond donors (Lipinski definition) is 0. The van der Waals surface area contributed by atoms with Gasteiger partial charge in [0.05, 0.1) is 10.6 Å². The highest BCUT2D eigenvalue weighted by atomic mass is 35.5. The minimum absolute atomic E-state index is 0.0148. The molecule has 1 saturated heterocycles. The summed E-state index contributed by atoms with van der Waals surface area (Å²) >= 11 is 7.41. The number of thioether (sulfide) groups is 1. The predicted molar refractivity (Wildman–Crippen MR) is 132 cm³/mol. The molecule has 2 heterocycles. The van der Waals surface area contributed by atoms with Gasteiger partial charge in [-0.3, -0.25) is 9.69 Å². The Labute approximate surface area is 197 Å². The molecule has 4 nitrogen and oxygen atoms in total. The summed E-state index contributed by atoms with van der Waals surface area (Å²) in [5, 5.41) is 1.44. The molecular formula is C26H23ClN2O2S. The molecule has 0 radical (unpaired) electrons. The number of carbonyl (C=O) groups is 1. The van der Waals surface area contributed by atoms with E-state index in [9.17, 15) is 4.79 Å². The quantitative estimate of drug-likeness (QED) is 0.376. The van der Waals surface area contributed by atoms with Crippen molar-refractivity contribution in [2.24, 2.45) is 4.99 Å². The Hall–Kier alpha value is -2.76. The maximum atomic E-state index is 13.4. The molecule has 1 aromatic heterocycles. The van der Waals surface area contributed by atoms with Gasteiger partial charge in [0.2, 0.25) is 0 Å². The summed E-state index contributed by atoms with van der Waals surface area (Å²) in [6.07, 6.45) is 7.41. The van der Waals surface area contributed by atoms with Gasteiger partial charge < -0.3 is 4.42 Å². The van der Waals surface area contributed by atoms with Gasteiger partial charge in [-0.2, -0.15) is 0 Å². The fourth-order valence-electron chi connectivity index (χ4n) is 4.17. The first-order valence-corrected chi connectivity index (χ1v) is 12.1. The van der Waals surface area contributed by atoms with Crippen molar-refractivity contribution >= 4 is 46.2 Å². The fourth-order valence-corrected chi connectivity index (χ4v) is 5.33. The van der Waals surface area contributed by atoms with Crippen molar-refractivity contribution in [3.05, 3.63) is 82.4 Å². The van der Waals surface area contributed by atoms with Crippen molar-refractivity contribution in [1.82, 2.24) is 4.90 Å². The molecule has 0 N–H and O–H groups in total. The number of halogens is 1. The second-order valence-corrected chi connectivity index (χ2v) is 9.46. The maximum absolute atomic E-state index is 13.4. The van der Waals surface area contributed by atoms with Crippen LogP contribution in [-0.2, 0) is 4.79 Å². The van der Waals surface area contributed by atoms with Crippen LogP contribution >= 0.6 is 23.4 Å². The van der Waals surface area contributed by atoms with Crippen molar-refractivity contribution in [3.8, 4) is 11.3 Å². The van der Waals surface area contributed by atoms with Gasteiger partial charge in [-0.05, 0) is 73.1 Å². The van der Waals surface area contributed by atoms with Gasteiger partial charge in [-0.1, -0.05) is 49.1 Å². The van der Waals surface area contributed by atoms with Crippen LogP contribution in [0.3, 0.4) is 0 Å². The molecule has 0 unspecified atom stereocenters. The van der Waals surface area contributed by atoms with E-state index in [0.717, 1.165) is 47.9 Å². The van der Waals surface area contributed by atoms with Crippen LogP contribution in [0.15, 0.2) is 81.0 Å². The third-order valence-corrected chi connectivity index (χ3v) is 7.02. The van der Waals surface area contributed by atoms with Gasteiger partial charge in [0, 0.05) is 22.7 Å². The van der Waals surface area contributed by atoms with E-state index in [0.29, 0.717) is 15.7 Å². The number of furan rings is 1. The Balaban J connectivity index is 1.45. The van der Waals surface area contributed by atoms with E-state index in [1.807, 2.05) is 77.7 Å². The Morgan fingerprint density at radius 1 is 0.969 bits per heavy atom. The summed E-state index contributed by atoms with van der Waals surface area (Å²) in [6, 6.07) is 21.3. The molecule has 0 bridgehead atoms. The van der Waals surface area contributed by atoms with E-state index in [2.05, 4.69) is 0 Å². The summed E-state index contributed by atoms with van der Waals surface area (Å²) in [7, 11) is 0. The lowest BCUT2D eigenvalue weighted by molar-refractivity contribution is -0.124.